The van der Waals surface area contributed by atoms with E-state index in [1.807, 2.05) is 60.7 Å². The predicted octanol–water partition coefficient (Wildman–Crippen LogP) is 3.28. The zero-order valence-electron chi connectivity index (χ0n) is 13.9. The van der Waals surface area contributed by atoms with Gasteiger partial charge in [0.05, 0.1) is 19.4 Å². The minimum absolute atomic E-state index is 0.0441. The Bertz CT molecular complexity index is 763. The summed E-state index contributed by atoms with van der Waals surface area (Å²) in [7, 11) is 1.31. The molecule has 5 nitrogen and oxygen atoms in total. The molecule has 2 aromatic rings. The van der Waals surface area contributed by atoms with E-state index in [-0.39, 0.29) is 13.0 Å². The van der Waals surface area contributed by atoms with Crippen LogP contribution < -0.4 is 0 Å². The Kier molecular flexibility index (Phi) is 6.73. The van der Waals surface area contributed by atoms with Crippen LogP contribution in [0.4, 0.5) is 0 Å². The Balaban J connectivity index is 2.37. The van der Waals surface area contributed by atoms with Gasteiger partial charge in [-0.3, -0.25) is 14.9 Å². The molecule has 25 heavy (non-hydrogen) atoms. The van der Waals surface area contributed by atoms with Gasteiger partial charge in [-0.15, -0.1) is 0 Å². The van der Waals surface area contributed by atoms with Crippen molar-refractivity contribution in [2.75, 3.05) is 13.7 Å². The van der Waals surface area contributed by atoms with Gasteiger partial charge in [-0.2, -0.15) is 0 Å². The number of nitrogens with zero attached hydrogens (tertiary/aromatic N) is 1. The van der Waals surface area contributed by atoms with Crippen molar-refractivity contribution in [2.24, 2.45) is 5.92 Å². The third-order valence-corrected chi connectivity index (χ3v) is 3.85. The first kappa shape index (κ1) is 18.2. The van der Waals surface area contributed by atoms with Gasteiger partial charge in [-0.1, -0.05) is 60.4 Å². The standard InChI is InChI=1S/C20H19NO4/c1-25-20(22)14-19(17-10-6-3-7-11-17)18(15-21(23)24)13-12-16-8-4-2-5-9-16/h2-11,18-19H,14-15H2,1H3/t18-,19-/m1/s1. The van der Waals surface area contributed by atoms with Crippen LogP contribution in [-0.2, 0) is 9.53 Å². The molecule has 0 aliphatic rings. The van der Waals surface area contributed by atoms with Crippen molar-refractivity contribution in [3.05, 3.63) is 81.9 Å². The number of carbonyl (C=O) groups excluding carboxylic acids is 1. The largest absolute Gasteiger partial charge is 0.469 e. The van der Waals surface area contributed by atoms with E-state index in [4.69, 9.17) is 4.74 Å². The average molecular weight is 337 g/mol. The van der Waals surface area contributed by atoms with Gasteiger partial charge < -0.3 is 4.74 Å². The van der Waals surface area contributed by atoms with Crippen molar-refractivity contribution in [2.45, 2.75) is 12.3 Å². The van der Waals surface area contributed by atoms with Crippen molar-refractivity contribution in [1.29, 1.82) is 0 Å². The second-order valence-corrected chi connectivity index (χ2v) is 5.55. The quantitative estimate of drug-likeness (QED) is 0.351. The summed E-state index contributed by atoms with van der Waals surface area (Å²) in [5, 5.41) is 11.1. The zero-order chi connectivity index (χ0) is 18.1. The van der Waals surface area contributed by atoms with Gasteiger partial charge in [0.25, 0.3) is 0 Å². The smallest absolute Gasteiger partial charge is 0.306 e. The fourth-order valence-electron chi connectivity index (χ4n) is 2.59. The molecule has 2 atom stereocenters. The molecule has 2 aromatic carbocycles. The Labute approximate surface area is 146 Å². The lowest BCUT2D eigenvalue weighted by atomic mass is 9.83. The predicted molar refractivity (Wildman–Crippen MR) is 94.5 cm³/mol. The molecule has 0 N–H and O–H groups in total. The van der Waals surface area contributed by atoms with Gasteiger partial charge in [0.2, 0.25) is 6.54 Å². The number of rotatable bonds is 6. The summed E-state index contributed by atoms with van der Waals surface area (Å²) in [5.41, 5.74) is 1.61. The first-order valence-corrected chi connectivity index (χ1v) is 7.90. The van der Waals surface area contributed by atoms with Crippen LogP contribution >= 0.6 is 0 Å². The highest BCUT2D eigenvalue weighted by Gasteiger charge is 2.28. The summed E-state index contributed by atoms with van der Waals surface area (Å²) < 4.78 is 4.76. The fraction of sp³-hybridized carbons (Fsp3) is 0.250. The van der Waals surface area contributed by atoms with Crippen LogP contribution in [0, 0.1) is 27.9 Å². The minimum Gasteiger partial charge on any atom is -0.469 e. The number of hydrogen-bond acceptors (Lipinski definition) is 4. The van der Waals surface area contributed by atoms with E-state index in [1.54, 1.807) is 0 Å². The highest BCUT2D eigenvalue weighted by atomic mass is 16.6. The van der Waals surface area contributed by atoms with Crippen LogP contribution in [-0.4, -0.2) is 24.5 Å². The second-order valence-electron chi connectivity index (χ2n) is 5.55. The van der Waals surface area contributed by atoms with E-state index >= 15 is 0 Å². The number of ether oxygens (including phenoxy) is 1. The van der Waals surface area contributed by atoms with Crippen LogP contribution in [0.15, 0.2) is 60.7 Å². The van der Waals surface area contributed by atoms with Crippen LogP contribution in [0.25, 0.3) is 0 Å². The van der Waals surface area contributed by atoms with Crippen molar-refractivity contribution >= 4 is 5.97 Å². The number of esters is 1. The zero-order valence-corrected chi connectivity index (χ0v) is 13.9. The van der Waals surface area contributed by atoms with Crippen molar-refractivity contribution in [3.8, 4) is 11.8 Å². The van der Waals surface area contributed by atoms with E-state index in [9.17, 15) is 14.9 Å². The number of hydrogen-bond donors (Lipinski definition) is 0. The lowest BCUT2D eigenvalue weighted by Crippen LogP contribution is -2.23. The van der Waals surface area contributed by atoms with Gasteiger partial charge in [0, 0.05) is 16.4 Å². The molecular weight excluding hydrogens is 318 g/mol. The molecule has 0 aliphatic carbocycles. The third-order valence-electron chi connectivity index (χ3n) is 3.85. The first-order valence-electron chi connectivity index (χ1n) is 7.90. The highest BCUT2D eigenvalue weighted by Crippen LogP contribution is 2.29. The van der Waals surface area contributed by atoms with E-state index in [0.717, 1.165) is 11.1 Å². The topological polar surface area (TPSA) is 69.4 Å². The van der Waals surface area contributed by atoms with Crippen LogP contribution in [0.5, 0.6) is 0 Å². The molecule has 2 rings (SSSR count). The maximum Gasteiger partial charge on any atom is 0.306 e. The van der Waals surface area contributed by atoms with Crippen LogP contribution in [0.1, 0.15) is 23.5 Å². The monoisotopic (exact) mass is 337 g/mol. The molecule has 0 bridgehead atoms. The number of carbonyl (C=O) groups is 1. The summed E-state index contributed by atoms with van der Waals surface area (Å²) in [6.07, 6.45) is 0.0441. The lowest BCUT2D eigenvalue weighted by molar-refractivity contribution is -0.486. The Hall–Kier alpha value is -3.13. The third kappa shape index (κ3) is 5.78. The fourth-order valence-corrected chi connectivity index (χ4v) is 2.59. The van der Waals surface area contributed by atoms with E-state index < -0.39 is 22.7 Å². The van der Waals surface area contributed by atoms with Crippen LogP contribution in [0.2, 0.25) is 0 Å². The molecule has 0 unspecified atom stereocenters. The lowest BCUT2D eigenvalue weighted by Gasteiger charge is -2.20. The van der Waals surface area contributed by atoms with Crippen molar-refractivity contribution < 1.29 is 14.5 Å². The molecule has 0 fully saturated rings. The molecule has 0 aliphatic heterocycles. The molecule has 0 spiro atoms. The van der Waals surface area contributed by atoms with E-state index in [0.29, 0.717) is 0 Å². The normalized spacial score (nSPS) is 12.4. The van der Waals surface area contributed by atoms with E-state index in [2.05, 4.69) is 11.8 Å². The molecular formula is C20H19NO4. The maximum absolute atomic E-state index is 11.8. The van der Waals surface area contributed by atoms with Gasteiger partial charge in [0.15, 0.2) is 0 Å². The minimum atomic E-state index is -0.600. The van der Waals surface area contributed by atoms with Gasteiger partial charge >= 0.3 is 5.97 Å². The summed E-state index contributed by atoms with van der Waals surface area (Å²) in [6, 6.07) is 18.5. The summed E-state index contributed by atoms with van der Waals surface area (Å²) in [5.74, 6) is 4.56. The SMILES string of the molecule is COC(=O)C[C@H](c1ccccc1)[C@H](C#Cc1ccccc1)C[N+](=O)[O-]. The molecule has 128 valence electrons. The Morgan fingerprint density at radius 2 is 1.72 bits per heavy atom. The summed E-state index contributed by atoms with van der Waals surface area (Å²) in [6.45, 7) is -0.337. The number of benzene rings is 2. The summed E-state index contributed by atoms with van der Waals surface area (Å²) in [4.78, 5) is 22.6. The molecule has 0 amide bonds. The number of methoxy groups -OCH3 is 1. The van der Waals surface area contributed by atoms with Gasteiger partial charge in [-0.05, 0) is 17.7 Å². The molecule has 0 radical (unpaired) electrons. The molecule has 5 heteroatoms. The maximum atomic E-state index is 11.8. The Morgan fingerprint density at radius 3 is 2.28 bits per heavy atom. The first-order chi connectivity index (χ1) is 12.1. The molecule has 0 heterocycles. The van der Waals surface area contributed by atoms with Gasteiger partial charge in [0.1, 0.15) is 0 Å². The summed E-state index contributed by atoms with van der Waals surface area (Å²) >= 11 is 0. The van der Waals surface area contributed by atoms with Crippen molar-refractivity contribution in [1.82, 2.24) is 0 Å². The molecule has 0 saturated carbocycles. The Morgan fingerprint density at radius 1 is 1.12 bits per heavy atom. The van der Waals surface area contributed by atoms with E-state index in [1.165, 1.54) is 7.11 Å². The van der Waals surface area contributed by atoms with Crippen molar-refractivity contribution in [3.63, 3.8) is 0 Å². The number of nitro groups is 1. The average Bonchev–Trinajstić information content (AvgIpc) is 2.64. The van der Waals surface area contributed by atoms with Gasteiger partial charge in [-0.25, -0.2) is 0 Å². The highest BCUT2D eigenvalue weighted by molar-refractivity contribution is 5.70. The van der Waals surface area contributed by atoms with Crippen LogP contribution in [0.3, 0.4) is 0 Å². The molecule has 0 saturated heterocycles. The molecule has 0 aromatic heterocycles. The second kappa shape index (κ2) is 9.24.